The van der Waals surface area contributed by atoms with Crippen LogP contribution >= 0.6 is 11.6 Å². The number of nitrogens with zero attached hydrogens (tertiary/aromatic N) is 2. The Hall–Kier alpha value is -2.55. The normalized spacial score (nSPS) is 11.5. The predicted octanol–water partition coefficient (Wildman–Crippen LogP) is 2.31. The largest absolute Gasteiger partial charge is 0.505 e. The van der Waals surface area contributed by atoms with Gasteiger partial charge in [-0.25, -0.2) is 4.79 Å². The summed E-state index contributed by atoms with van der Waals surface area (Å²) in [5.74, 6) is -2.53. The van der Waals surface area contributed by atoms with Crippen LogP contribution in [0.1, 0.15) is 16.1 Å². The molecule has 0 unspecified atom stereocenters. The van der Waals surface area contributed by atoms with Crippen molar-refractivity contribution in [3.8, 4) is 11.4 Å². The number of alkyl halides is 3. The number of carbonyl (C=O) groups is 1. The molecule has 0 atom stereocenters. The molecule has 2 aromatic rings. The molecule has 0 radical (unpaired) electrons. The third-order valence-electron chi connectivity index (χ3n) is 2.61. The second kappa shape index (κ2) is 5.34. The lowest BCUT2D eigenvalue weighted by atomic mass is 10.2. The minimum atomic E-state index is -4.76. The summed E-state index contributed by atoms with van der Waals surface area (Å²) in [7, 11) is 0. The van der Waals surface area contributed by atoms with Crippen molar-refractivity contribution in [2.45, 2.75) is 6.18 Å². The number of hydrogen-bond acceptors (Lipinski definition) is 4. The minimum Gasteiger partial charge on any atom is -0.505 e. The zero-order valence-corrected chi connectivity index (χ0v) is 11.2. The van der Waals surface area contributed by atoms with E-state index in [-0.39, 0.29) is 5.69 Å². The molecule has 10 heteroatoms. The van der Waals surface area contributed by atoms with Crippen molar-refractivity contribution in [3.63, 3.8) is 0 Å². The smallest absolute Gasteiger partial charge is 0.417 e. The van der Waals surface area contributed by atoms with Gasteiger partial charge < -0.3 is 10.2 Å². The Morgan fingerprint density at radius 2 is 1.91 bits per heavy atom. The van der Waals surface area contributed by atoms with Gasteiger partial charge in [0.1, 0.15) is 0 Å². The third-order valence-corrected chi connectivity index (χ3v) is 2.94. The molecular formula is C12H6ClF3N2O4. The van der Waals surface area contributed by atoms with Crippen molar-refractivity contribution in [1.29, 1.82) is 0 Å². The van der Waals surface area contributed by atoms with Crippen LogP contribution in [-0.2, 0) is 6.18 Å². The lowest BCUT2D eigenvalue weighted by Gasteiger charge is -2.12. The van der Waals surface area contributed by atoms with Gasteiger partial charge in [-0.1, -0.05) is 11.6 Å². The molecule has 0 saturated heterocycles. The van der Waals surface area contributed by atoms with E-state index in [1.165, 1.54) is 0 Å². The van der Waals surface area contributed by atoms with E-state index in [1.54, 1.807) is 0 Å². The Labute approximate surface area is 125 Å². The van der Waals surface area contributed by atoms with Crippen LogP contribution in [0.15, 0.2) is 29.1 Å². The van der Waals surface area contributed by atoms with Gasteiger partial charge in [-0.15, -0.1) is 0 Å². The van der Waals surface area contributed by atoms with Gasteiger partial charge in [0.25, 0.3) is 5.56 Å². The number of halogens is 4. The Morgan fingerprint density at radius 1 is 1.27 bits per heavy atom. The fraction of sp³-hybridized carbons (Fsp3) is 0.0833. The van der Waals surface area contributed by atoms with E-state index in [4.69, 9.17) is 16.7 Å². The second-order valence-electron chi connectivity index (χ2n) is 4.10. The fourth-order valence-corrected chi connectivity index (χ4v) is 1.87. The Balaban J connectivity index is 2.70. The summed E-state index contributed by atoms with van der Waals surface area (Å²) in [6.07, 6.45) is -4.76. The molecule has 0 aliphatic heterocycles. The lowest BCUT2D eigenvalue weighted by molar-refractivity contribution is -0.137. The number of benzene rings is 1. The summed E-state index contributed by atoms with van der Waals surface area (Å²) >= 11 is 5.45. The summed E-state index contributed by atoms with van der Waals surface area (Å²) in [5.41, 5.74) is -3.42. The van der Waals surface area contributed by atoms with Gasteiger partial charge in [-0.3, -0.25) is 4.79 Å². The van der Waals surface area contributed by atoms with Gasteiger partial charge in [0.05, 0.1) is 16.3 Å². The molecule has 1 aromatic heterocycles. The summed E-state index contributed by atoms with van der Waals surface area (Å²) in [6, 6.07) is 3.06. The standard InChI is InChI=1S/C12H6ClF3N2O4/c13-7-2-1-5(3-6(7)12(14,15)16)18-9(20)4-8(19)10(17-18)11(21)22/h1-4,19H,(H,21,22). The summed E-state index contributed by atoms with van der Waals surface area (Å²) in [6.45, 7) is 0. The molecule has 0 fully saturated rings. The van der Waals surface area contributed by atoms with E-state index in [0.29, 0.717) is 16.8 Å². The number of aromatic carboxylic acids is 1. The number of aromatic hydroxyl groups is 1. The van der Waals surface area contributed by atoms with Gasteiger partial charge in [-0.2, -0.15) is 23.0 Å². The molecule has 1 heterocycles. The summed E-state index contributed by atoms with van der Waals surface area (Å²) in [4.78, 5) is 22.6. The highest BCUT2D eigenvalue weighted by Gasteiger charge is 2.33. The maximum absolute atomic E-state index is 12.8. The van der Waals surface area contributed by atoms with Crippen molar-refractivity contribution >= 4 is 17.6 Å². The van der Waals surface area contributed by atoms with Crippen LogP contribution in [0.5, 0.6) is 5.75 Å². The molecule has 116 valence electrons. The minimum absolute atomic E-state index is 0.343. The summed E-state index contributed by atoms with van der Waals surface area (Å²) in [5, 5.41) is 20.9. The quantitative estimate of drug-likeness (QED) is 0.879. The van der Waals surface area contributed by atoms with Crippen LogP contribution in [-0.4, -0.2) is 26.0 Å². The van der Waals surface area contributed by atoms with Crippen LogP contribution in [0.2, 0.25) is 5.02 Å². The molecule has 0 bridgehead atoms. The zero-order valence-electron chi connectivity index (χ0n) is 10.4. The number of carboxylic acid groups (broad SMARTS) is 1. The van der Waals surface area contributed by atoms with Gasteiger partial charge >= 0.3 is 12.1 Å². The third kappa shape index (κ3) is 2.89. The topological polar surface area (TPSA) is 92.4 Å². The maximum Gasteiger partial charge on any atom is 0.417 e. The monoisotopic (exact) mass is 334 g/mol. The van der Waals surface area contributed by atoms with E-state index in [1.807, 2.05) is 0 Å². The van der Waals surface area contributed by atoms with Gasteiger partial charge in [-0.05, 0) is 18.2 Å². The molecule has 2 rings (SSSR count). The molecule has 0 amide bonds. The Kier molecular flexibility index (Phi) is 3.84. The van der Waals surface area contributed by atoms with Crippen molar-refractivity contribution in [2.24, 2.45) is 0 Å². The van der Waals surface area contributed by atoms with Crippen molar-refractivity contribution in [3.05, 3.63) is 50.9 Å². The highest BCUT2D eigenvalue weighted by Crippen LogP contribution is 2.35. The number of rotatable bonds is 2. The van der Waals surface area contributed by atoms with Crippen molar-refractivity contribution < 1.29 is 28.2 Å². The molecule has 0 saturated carbocycles. The molecule has 0 aliphatic carbocycles. The van der Waals surface area contributed by atoms with E-state index in [2.05, 4.69) is 5.10 Å². The SMILES string of the molecule is O=C(O)c1nn(-c2ccc(Cl)c(C(F)(F)F)c2)c(=O)cc1O. The van der Waals surface area contributed by atoms with E-state index >= 15 is 0 Å². The zero-order chi connectivity index (χ0) is 16.7. The van der Waals surface area contributed by atoms with Crippen LogP contribution in [0.25, 0.3) is 5.69 Å². The number of carboxylic acids is 1. The number of aromatic nitrogens is 2. The van der Waals surface area contributed by atoms with Gasteiger partial charge in [0, 0.05) is 6.07 Å². The van der Waals surface area contributed by atoms with Crippen LogP contribution in [0.3, 0.4) is 0 Å². The maximum atomic E-state index is 12.8. The lowest BCUT2D eigenvalue weighted by Crippen LogP contribution is -2.23. The van der Waals surface area contributed by atoms with E-state index in [9.17, 15) is 27.9 Å². The first-order valence-electron chi connectivity index (χ1n) is 5.55. The molecule has 0 spiro atoms. The molecule has 6 nitrogen and oxygen atoms in total. The fourth-order valence-electron chi connectivity index (χ4n) is 1.65. The highest BCUT2D eigenvalue weighted by molar-refractivity contribution is 6.31. The van der Waals surface area contributed by atoms with Crippen molar-refractivity contribution in [1.82, 2.24) is 9.78 Å². The van der Waals surface area contributed by atoms with E-state index < -0.39 is 39.7 Å². The average molecular weight is 335 g/mol. The number of hydrogen-bond donors (Lipinski definition) is 2. The van der Waals surface area contributed by atoms with E-state index in [0.717, 1.165) is 12.1 Å². The molecular weight excluding hydrogens is 329 g/mol. The molecule has 22 heavy (non-hydrogen) atoms. The highest BCUT2D eigenvalue weighted by atomic mass is 35.5. The van der Waals surface area contributed by atoms with Crippen LogP contribution in [0.4, 0.5) is 13.2 Å². The average Bonchev–Trinajstić information content (AvgIpc) is 2.38. The Morgan fingerprint density at radius 3 is 2.45 bits per heavy atom. The molecule has 1 aromatic carbocycles. The first-order valence-corrected chi connectivity index (χ1v) is 5.93. The first kappa shape index (κ1) is 15.8. The van der Waals surface area contributed by atoms with Crippen LogP contribution in [0, 0.1) is 0 Å². The molecule has 2 N–H and O–H groups in total. The van der Waals surface area contributed by atoms with Gasteiger partial charge in [0.15, 0.2) is 5.75 Å². The second-order valence-corrected chi connectivity index (χ2v) is 4.50. The molecule has 0 aliphatic rings. The van der Waals surface area contributed by atoms with Crippen LogP contribution < -0.4 is 5.56 Å². The van der Waals surface area contributed by atoms with Crippen molar-refractivity contribution in [2.75, 3.05) is 0 Å². The van der Waals surface area contributed by atoms with Gasteiger partial charge in [0.2, 0.25) is 5.69 Å². The Bertz CT molecular complexity index is 817. The summed E-state index contributed by atoms with van der Waals surface area (Å²) < 4.78 is 38.8. The predicted molar refractivity (Wildman–Crippen MR) is 68.5 cm³/mol. The first-order chi connectivity index (χ1) is 10.1.